The van der Waals surface area contributed by atoms with Crippen molar-refractivity contribution in [3.05, 3.63) is 11.9 Å². The van der Waals surface area contributed by atoms with Crippen molar-refractivity contribution in [2.24, 2.45) is 0 Å². The zero-order valence-electron chi connectivity index (χ0n) is 12.3. The van der Waals surface area contributed by atoms with Crippen molar-refractivity contribution in [3.63, 3.8) is 0 Å². The molecule has 1 aromatic heterocycles. The van der Waals surface area contributed by atoms with E-state index in [1.807, 2.05) is 0 Å². The van der Waals surface area contributed by atoms with Crippen molar-refractivity contribution in [1.82, 2.24) is 25.2 Å². The molecule has 0 aliphatic carbocycles. The number of hydrogen-bond donors (Lipinski definition) is 1. The highest BCUT2D eigenvalue weighted by Crippen LogP contribution is 2.11. The summed E-state index contributed by atoms with van der Waals surface area (Å²) in [6.07, 6.45) is 6.61. The molecule has 1 amide bonds. The van der Waals surface area contributed by atoms with E-state index in [2.05, 4.69) is 15.6 Å². The zero-order chi connectivity index (χ0) is 14.5. The van der Waals surface area contributed by atoms with Crippen LogP contribution in [0.25, 0.3) is 0 Å². The zero-order valence-corrected chi connectivity index (χ0v) is 12.3. The van der Waals surface area contributed by atoms with Crippen LogP contribution < -0.4 is 5.32 Å². The van der Waals surface area contributed by atoms with Crippen molar-refractivity contribution in [3.8, 4) is 0 Å². The predicted octanol–water partition coefficient (Wildman–Crippen LogP) is 0.283. The number of aryl methyl sites for hydroxylation is 1. The van der Waals surface area contributed by atoms with Crippen molar-refractivity contribution >= 4 is 5.91 Å². The molecule has 7 heteroatoms. The first-order valence-electron chi connectivity index (χ1n) is 7.83. The van der Waals surface area contributed by atoms with Gasteiger partial charge in [0.15, 0.2) is 5.69 Å². The highest BCUT2D eigenvalue weighted by Gasteiger charge is 2.21. The van der Waals surface area contributed by atoms with E-state index in [9.17, 15) is 4.79 Å². The van der Waals surface area contributed by atoms with Crippen LogP contribution in [-0.2, 0) is 11.3 Å². The molecule has 1 unspecified atom stereocenters. The van der Waals surface area contributed by atoms with Crippen LogP contribution in [0.1, 0.15) is 36.2 Å². The molecule has 0 aromatic carbocycles. The summed E-state index contributed by atoms with van der Waals surface area (Å²) in [6, 6.07) is 0.571. The van der Waals surface area contributed by atoms with Crippen molar-refractivity contribution in [2.45, 2.75) is 38.3 Å². The average molecular weight is 293 g/mol. The van der Waals surface area contributed by atoms with Gasteiger partial charge in [-0.1, -0.05) is 11.6 Å². The maximum atomic E-state index is 12.3. The molecule has 2 saturated heterocycles. The van der Waals surface area contributed by atoms with E-state index >= 15 is 0 Å². The van der Waals surface area contributed by atoms with Gasteiger partial charge >= 0.3 is 0 Å². The third kappa shape index (κ3) is 3.79. The van der Waals surface area contributed by atoms with Gasteiger partial charge in [-0.15, -0.1) is 5.10 Å². The number of nitrogens with zero attached hydrogens (tertiary/aromatic N) is 4. The highest BCUT2D eigenvalue weighted by molar-refractivity contribution is 5.91. The second-order valence-corrected chi connectivity index (χ2v) is 5.71. The summed E-state index contributed by atoms with van der Waals surface area (Å²) in [5.41, 5.74) is 0.438. The molecule has 3 rings (SSSR count). The third-order valence-corrected chi connectivity index (χ3v) is 4.18. The van der Waals surface area contributed by atoms with E-state index in [4.69, 9.17) is 4.74 Å². The van der Waals surface area contributed by atoms with Gasteiger partial charge in [0.2, 0.25) is 0 Å². The molecule has 21 heavy (non-hydrogen) atoms. The number of nitrogens with one attached hydrogen (secondary N) is 1. The Balaban J connectivity index is 1.51. The number of piperidine rings is 1. The summed E-state index contributed by atoms with van der Waals surface area (Å²) in [4.78, 5) is 14.0. The Morgan fingerprint density at radius 1 is 1.38 bits per heavy atom. The number of aromatic nitrogens is 3. The van der Waals surface area contributed by atoms with Gasteiger partial charge in [-0.3, -0.25) is 9.48 Å². The molecule has 0 bridgehead atoms. The normalized spacial score (nSPS) is 23.2. The lowest BCUT2D eigenvalue weighted by molar-refractivity contribution is 0.0299. The molecule has 3 heterocycles. The maximum Gasteiger partial charge on any atom is 0.276 e. The van der Waals surface area contributed by atoms with Gasteiger partial charge in [-0.2, -0.15) is 0 Å². The van der Waals surface area contributed by atoms with Crippen molar-refractivity contribution in [1.29, 1.82) is 0 Å². The fourth-order valence-electron chi connectivity index (χ4n) is 2.89. The molecule has 7 nitrogen and oxygen atoms in total. The predicted molar refractivity (Wildman–Crippen MR) is 77.0 cm³/mol. The van der Waals surface area contributed by atoms with Gasteiger partial charge in [0, 0.05) is 25.7 Å². The number of hydrogen-bond acceptors (Lipinski definition) is 5. The molecule has 1 atom stereocenters. The second-order valence-electron chi connectivity index (χ2n) is 5.71. The lowest BCUT2D eigenvalue weighted by atomic mass is 10.0. The minimum atomic E-state index is -0.0414. The molecule has 1 aromatic rings. The van der Waals surface area contributed by atoms with Crippen molar-refractivity contribution < 1.29 is 9.53 Å². The Morgan fingerprint density at radius 2 is 2.24 bits per heavy atom. The van der Waals surface area contributed by atoms with Crippen LogP contribution in [0.4, 0.5) is 0 Å². The Hall–Kier alpha value is -1.47. The van der Waals surface area contributed by atoms with Crippen LogP contribution in [0.2, 0.25) is 0 Å². The Kier molecular flexibility index (Phi) is 4.82. The molecular formula is C14H23N5O2. The average Bonchev–Trinajstić information content (AvgIpc) is 3.03. The number of morpholine rings is 1. The van der Waals surface area contributed by atoms with E-state index in [-0.39, 0.29) is 5.91 Å². The molecule has 2 aliphatic heterocycles. The standard InChI is InChI=1S/C14H23N5O2/c20-14(18-7-9-21-10-8-18)13-11-19(17-16-13)6-4-12-3-1-2-5-15-12/h11-12,15H,1-10H2. The number of amides is 1. The smallest absolute Gasteiger partial charge is 0.276 e. The number of carbonyl (C=O) groups excluding carboxylic acids is 1. The number of rotatable bonds is 4. The van der Waals surface area contributed by atoms with Gasteiger partial charge in [0.1, 0.15) is 0 Å². The highest BCUT2D eigenvalue weighted by atomic mass is 16.5. The van der Waals surface area contributed by atoms with Crippen LogP contribution in [0.15, 0.2) is 6.20 Å². The first kappa shape index (κ1) is 14.5. The Bertz CT molecular complexity index is 464. The SMILES string of the molecule is O=C(c1cn(CCC2CCCCN2)nn1)N1CCOCC1. The quantitative estimate of drug-likeness (QED) is 0.863. The maximum absolute atomic E-state index is 12.3. The molecular weight excluding hydrogens is 270 g/mol. The largest absolute Gasteiger partial charge is 0.378 e. The summed E-state index contributed by atoms with van der Waals surface area (Å²) in [5.74, 6) is -0.0414. The monoisotopic (exact) mass is 293 g/mol. The van der Waals surface area contributed by atoms with Crippen LogP contribution in [-0.4, -0.2) is 64.7 Å². The van der Waals surface area contributed by atoms with Gasteiger partial charge in [-0.05, 0) is 25.8 Å². The molecule has 0 saturated carbocycles. The second kappa shape index (κ2) is 7.00. The summed E-state index contributed by atoms with van der Waals surface area (Å²) < 4.78 is 7.04. The summed E-state index contributed by atoms with van der Waals surface area (Å²) in [6.45, 7) is 4.40. The van der Waals surface area contributed by atoms with Gasteiger partial charge in [0.25, 0.3) is 5.91 Å². The fraction of sp³-hybridized carbons (Fsp3) is 0.786. The lowest BCUT2D eigenvalue weighted by Gasteiger charge is -2.25. The first-order chi connectivity index (χ1) is 10.3. The minimum Gasteiger partial charge on any atom is -0.378 e. The Morgan fingerprint density at radius 3 is 3.00 bits per heavy atom. The molecule has 2 fully saturated rings. The molecule has 1 N–H and O–H groups in total. The van der Waals surface area contributed by atoms with Crippen LogP contribution in [0, 0.1) is 0 Å². The van der Waals surface area contributed by atoms with E-state index in [0.717, 1.165) is 19.5 Å². The van der Waals surface area contributed by atoms with Gasteiger partial charge in [0.05, 0.1) is 19.4 Å². The number of carbonyl (C=O) groups is 1. The van der Waals surface area contributed by atoms with Crippen LogP contribution in [0.5, 0.6) is 0 Å². The van der Waals surface area contributed by atoms with Crippen molar-refractivity contribution in [2.75, 3.05) is 32.8 Å². The first-order valence-corrected chi connectivity index (χ1v) is 7.83. The number of ether oxygens (including phenoxy) is 1. The summed E-state index contributed by atoms with van der Waals surface area (Å²) in [7, 11) is 0. The molecule has 116 valence electrons. The van der Waals surface area contributed by atoms with Gasteiger partial charge in [-0.25, -0.2) is 0 Å². The molecule has 0 spiro atoms. The summed E-state index contributed by atoms with van der Waals surface area (Å²) in [5, 5.41) is 11.6. The minimum absolute atomic E-state index is 0.0414. The topological polar surface area (TPSA) is 72.3 Å². The summed E-state index contributed by atoms with van der Waals surface area (Å²) >= 11 is 0. The molecule has 2 aliphatic rings. The van der Waals surface area contributed by atoms with E-state index in [1.54, 1.807) is 15.8 Å². The lowest BCUT2D eigenvalue weighted by Crippen LogP contribution is -2.40. The molecule has 0 radical (unpaired) electrons. The fourth-order valence-corrected chi connectivity index (χ4v) is 2.89. The van der Waals surface area contributed by atoms with E-state index < -0.39 is 0 Å². The third-order valence-electron chi connectivity index (χ3n) is 4.18. The van der Waals surface area contributed by atoms with Crippen LogP contribution >= 0.6 is 0 Å². The Labute approximate surface area is 124 Å². The van der Waals surface area contributed by atoms with Crippen LogP contribution in [0.3, 0.4) is 0 Å². The van der Waals surface area contributed by atoms with E-state index in [0.29, 0.717) is 38.0 Å². The van der Waals surface area contributed by atoms with E-state index in [1.165, 1.54) is 19.3 Å². The van der Waals surface area contributed by atoms with Gasteiger partial charge < -0.3 is 15.0 Å².